The number of carbonyl (C=O) groups is 2. The molecule has 1 unspecified atom stereocenters. The Morgan fingerprint density at radius 1 is 0.667 bits per heavy atom. The van der Waals surface area contributed by atoms with Crippen molar-refractivity contribution in [2.45, 2.75) is 148 Å². The second-order valence-corrected chi connectivity index (χ2v) is 11.8. The first-order valence-corrected chi connectivity index (χ1v) is 17.0. The fourth-order valence-electron chi connectivity index (χ4n) is 4.16. The molecule has 0 rings (SSSR count). The second-order valence-electron chi connectivity index (χ2n) is 10.3. The van der Waals surface area contributed by atoms with Crippen LogP contribution < -0.4 is 5.73 Å². The molecule has 0 aromatic carbocycles. The van der Waals surface area contributed by atoms with E-state index in [0.717, 1.165) is 44.9 Å². The Bertz CT molecular complexity index is 634. The Morgan fingerprint density at radius 3 is 1.56 bits per heavy atom. The van der Waals surface area contributed by atoms with Crippen LogP contribution in [0.3, 0.4) is 0 Å². The van der Waals surface area contributed by atoms with Crippen molar-refractivity contribution in [3.05, 3.63) is 0 Å². The normalized spacial score (nSPS) is 13.6. The minimum absolute atomic E-state index is 0.0569. The fraction of sp³-hybridized carbons (Fsp3) is 0.931. The Hall–Kier alpha value is -0.990. The molecule has 0 saturated carbocycles. The molecule has 0 heterocycles. The van der Waals surface area contributed by atoms with Gasteiger partial charge in [0.2, 0.25) is 0 Å². The molecule has 0 amide bonds. The molecule has 0 aliphatic rings. The third-order valence-electron chi connectivity index (χ3n) is 6.49. The van der Waals surface area contributed by atoms with E-state index in [1.54, 1.807) is 0 Å². The van der Waals surface area contributed by atoms with Gasteiger partial charge in [-0.1, -0.05) is 117 Å². The monoisotopic (exact) mass is 579 g/mol. The van der Waals surface area contributed by atoms with Gasteiger partial charge in [-0.3, -0.25) is 18.6 Å². The van der Waals surface area contributed by atoms with E-state index in [1.165, 1.54) is 64.2 Å². The smallest absolute Gasteiger partial charge is 0.462 e. The predicted octanol–water partition coefficient (Wildman–Crippen LogP) is 7.38. The van der Waals surface area contributed by atoms with Crippen molar-refractivity contribution in [3.63, 3.8) is 0 Å². The molecule has 232 valence electrons. The minimum Gasteiger partial charge on any atom is -0.462 e. The number of hydrogen-bond acceptors (Lipinski definition) is 8. The minimum atomic E-state index is -4.35. The fourth-order valence-corrected chi connectivity index (χ4v) is 4.93. The molecule has 0 fully saturated rings. The Balaban J connectivity index is 4.24. The molecule has 10 heteroatoms. The number of phosphoric ester groups is 1. The Labute approximate surface area is 237 Å². The van der Waals surface area contributed by atoms with Crippen LogP contribution in [-0.4, -0.2) is 49.3 Å². The molecule has 9 nitrogen and oxygen atoms in total. The van der Waals surface area contributed by atoms with Crippen LogP contribution in [-0.2, 0) is 32.7 Å². The maximum Gasteiger partial charge on any atom is 0.472 e. The molecule has 3 N–H and O–H groups in total. The zero-order chi connectivity index (χ0) is 29.0. The van der Waals surface area contributed by atoms with E-state index in [9.17, 15) is 19.0 Å². The van der Waals surface area contributed by atoms with Crippen LogP contribution in [0.4, 0.5) is 0 Å². The van der Waals surface area contributed by atoms with Gasteiger partial charge in [0.25, 0.3) is 0 Å². The number of unbranched alkanes of at least 4 members (excludes halogenated alkanes) is 16. The van der Waals surface area contributed by atoms with Gasteiger partial charge in [0.05, 0.1) is 13.2 Å². The number of carbonyl (C=O) groups excluding carboxylic acids is 2. The molecule has 0 aliphatic carbocycles. The SMILES string of the molecule is CCCCCCCCCCCCCCC(=O)OC[C@H](COP(=O)(O)OCCN)OC(=O)CCCCCCCC. The summed E-state index contributed by atoms with van der Waals surface area (Å²) >= 11 is 0. The maximum absolute atomic E-state index is 12.3. The van der Waals surface area contributed by atoms with Crippen molar-refractivity contribution in [1.29, 1.82) is 0 Å². The van der Waals surface area contributed by atoms with Gasteiger partial charge in [0.1, 0.15) is 6.61 Å². The van der Waals surface area contributed by atoms with E-state index in [2.05, 4.69) is 13.8 Å². The summed E-state index contributed by atoms with van der Waals surface area (Å²) in [7, 11) is -4.35. The molecule has 2 atom stereocenters. The van der Waals surface area contributed by atoms with Gasteiger partial charge in [-0.05, 0) is 12.8 Å². The topological polar surface area (TPSA) is 134 Å². The van der Waals surface area contributed by atoms with Crippen molar-refractivity contribution in [3.8, 4) is 0 Å². The van der Waals surface area contributed by atoms with E-state index in [1.807, 2.05) is 0 Å². The van der Waals surface area contributed by atoms with Gasteiger partial charge in [0.15, 0.2) is 6.10 Å². The average molecular weight is 580 g/mol. The van der Waals surface area contributed by atoms with Gasteiger partial charge in [-0.15, -0.1) is 0 Å². The van der Waals surface area contributed by atoms with Crippen molar-refractivity contribution in [2.75, 3.05) is 26.4 Å². The lowest BCUT2D eigenvalue weighted by Crippen LogP contribution is -2.29. The average Bonchev–Trinajstić information content (AvgIpc) is 2.91. The van der Waals surface area contributed by atoms with E-state index in [-0.39, 0.29) is 38.6 Å². The number of phosphoric acid groups is 1. The number of hydrogen-bond donors (Lipinski definition) is 2. The number of esters is 2. The third kappa shape index (κ3) is 27.0. The van der Waals surface area contributed by atoms with Crippen LogP contribution in [0, 0.1) is 0 Å². The van der Waals surface area contributed by atoms with Gasteiger partial charge < -0.3 is 20.1 Å². The van der Waals surface area contributed by atoms with Crippen molar-refractivity contribution in [1.82, 2.24) is 0 Å². The lowest BCUT2D eigenvalue weighted by molar-refractivity contribution is -0.161. The molecular formula is C29H58NO8P. The first-order chi connectivity index (χ1) is 18.8. The molecule has 0 aromatic rings. The van der Waals surface area contributed by atoms with E-state index < -0.39 is 26.5 Å². The molecule has 0 saturated heterocycles. The zero-order valence-corrected chi connectivity index (χ0v) is 25.8. The summed E-state index contributed by atoms with van der Waals surface area (Å²) in [5.41, 5.74) is 5.29. The van der Waals surface area contributed by atoms with Crippen LogP contribution >= 0.6 is 7.82 Å². The predicted molar refractivity (Wildman–Crippen MR) is 155 cm³/mol. The van der Waals surface area contributed by atoms with Gasteiger partial charge in [0, 0.05) is 19.4 Å². The second kappa shape index (κ2) is 27.2. The van der Waals surface area contributed by atoms with Crippen LogP contribution in [0.5, 0.6) is 0 Å². The Kier molecular flexibility index (Phi) is 26.5. The van der Waals surface area contributed by atoms with Crippen LogP contribution in [0.25, 0.3) is 0 Å². The summed E-state index contributed by atoms with van der Waals surface area (Å²) < 4.78 is 32.3. The van der Waals surface area contributed by atoms with Crippen molar-refractivity contribution >= 4 is 19.8 Å². The number of ether oxygens (including phenoxy) is 2. The summed E-state index contributed by atoms with van der Waals surface area (Å²) in [4.78, 5) is 34.2. The standard InChI is InChI=1S/C29H58NO8P/c1-3-5-7-9-11-12-13-14-15-16-18-19-21-28(31)35-25-27(26-37-39(33,34)36-24-23-30)38-29(32)22-20-17-10-8-6-4-2/h27H,3-26,30H2,1-2H3,(H,33,34)/t27-/m1/s1. The number of rotatable bonds is 29. The van der Waals surface area contributed by atoms with Gasteiger partial charge in [-0.25, -0.2) is 4.57 Å². The Morgan fingerprint density at radius 2 is 1.10 bits per heavy atom. The highest BCUT2D eigenvalue weighted by atomic mass is 31.2. The quantitative estimate of drug-likeness (QED) is 0.0529. The molecule has 0 bridgehead atoms. The molecular weight excluding hydrogens is 521 g/mol. The van der Waals surface area contributed by atoms with Gasteiger partial charge >= 0.3 is 19.8 Å². The highest BCUT2D eigenvalue weighted by Crippen LogP contribution is 2.43. The van der Waals surface area contributed by atoms with Crippen molar-refractivity contribution < 1.29 is 37.6 Å². The van der Waals surface area contributed by atoms with Crippen molar-refractivity contribution in [2.24, 2.45) is 5.73 Å². The molecule has 0 aromatic heterocycles. The summed E-state index contributed by atoms with van der Waals surface area (Å²) in [6.45, 7) is 3.63. The summed E-state index contributed by atoms with van der Waals surface area (Å²) in [6, 6.07) is 0. The lowest BCUT2D eigenvalue weighted by Gasteiger charge is -2.19. The maximum atomic E-state index is 12.3. The lowest BCUT2D eigenvalue weighted by atomic mass is 10.0. The third-order valence-corrected chi connectivity index (χ3v) is 7.48. The van der Waals surface area contributed by atoms with E-state index in [4.69, 9.17) is 24.3 Å². The van der Waals surface area contributed by atoms with Gasteiger partial charge in [-0.2, -0.15) is 0 Å². The summed E-state index contributed by atoms with van der Waals surface area (Å²) in [6.07, 6.45) is 20.2. The zero-order valence-electron chi connectivity index (χ0n) is 24.9. The molecule has 39 heavy (non-hydrogen) atoms. The van der Waals surface area contributed by atoms with E-state index >= 15 is 0 Å². The molecule has 0 aliphatic heterocycles. The summed E-state index contributed by atoms with van der Waals surface area (Å²) in [5.74, 6) is -0.836. The van der Waals surface area contributed by atoms with Crippen LogP contribution in [0.15, 0.2) is 0 Å². The van der Waals surface area contributed by atoms with Crippen LogP contribution in [0.1, 0.15) is 142 Å². The molecule has 0 radical (unpaired) electrons. The first-order valence-electron chi connectivity index (χ1n) is 15.5. The van der Waals surface area contributed by atoms with Crippen LogP contribution in [0.2, 0.25) is 0 Å². The largest absolute Gasteiger partial charge is 0.472 e. The highest BCUT2D eigenvalue weighted by molar-refractivity contribution is 7.47. The highest BCUT2D eigenvalue weighted by Gasteiger charge is 2.25. The first kappa shape index (κ1) is 38.0. The van der Waals surface area contributed by atoms with E-state index in [0.29, 0.717) is 6.42 Å². The number of nitrogens with two attached hydrogens (primary N) is 1. The molecule has 0 spiro atoms. The summed E-state index contributed by atoms with van der Waals surface area (Å²) in [5, 5.41) is 0.